The Hall–Kier alpha value is -3.08. The average Bonchev–Trinajstić information content (AvgIpc) is 2.91. The molecule has 2 aromatic heterocycles. The number of benzene rings is 1. The number of primary amides is 1. The highest BCUT2D eigenvalue weighted by Crippen LogP contribution is 2.33. The number of aromatic nitrogens is 2. The third-order valence-corrected chi connectivity index (χ3v) is 3.32. The molecule has 3 rings (SSSR count). The number of para-hydroxylation sites is 1. The monoisotopic (exact) mass is 293 g/mol. The van der Waals surface area contributed by atoms with Crippen LogP contribution in [0.25, 0.3) is 11.3 Å². The molecule has 0 unspecified atom stereocenters. The van der Waals surface area contributed by atoms with Crippen LogP contribution in [0.3, 0.4) is 0 Å². The van der Waals surface area contributed by atoms with Crippen molar-refractivity contribution in [2.75, 3.05) is 0 Å². The van der Waals surface area contributed by atoms with Gasteiger partial charge in [0.05, 0.1) is 17.5 Å². The van der Waals surface area contributed by atoms with Crippen molar-refractivity contribution in [3.63, 3.8) is 0 Å². The van der Waals surface area contributed by atoms with E-state index >= 15 is 0 Å². The minimum absolute atomic E-state index is 0.453. The van der Waals surface area contributed by atoms with Gasteiger partial charge in [-0.15, -0.1) is 0 Å². The van der Waals surface area contributed by atoms with Gasteiger partial charge in [-0.3, -0.25) is 9.78 Å². The Bertz CT molecular complexity index is 810. The summed E-state index contributed by atoms with van der Waals surface area (Å²) in [5, 5.41) is 0. The van der Waals surface area contributed by atoms with Crippen LogP contribution in [0.2, 0.25) is 0 Å². The third kappa shape index (κ3) is 2.69. The molecule has 0 aliphatic heterocycles. The second-order valence-electron chi connectivity index (χ2n) is 4.87. The Balaban J connectivity index is 2.01. The zero-order valence-corrected chi connectivity index (χ0v) is 12.0. The Morgan fingerprint density at radius 1 is 1.23 bits per heavy atom. The lowest BCUT2D eigenvalue weighted by molar-refractivity contribution is 0.1000. The van der Waals surface area contributed by atoms with Gasteiger partial charge in [-0.25, -0.2) is 0 Å². The topological polar surface area (TPSA) is 81.0 Å². The van der Waals surface area contributed by atoms with E-state index in [0.29, 0.717) is 17.1 Å². The summed E-state index contributed by atoms with van der Waals surface area (Å²) in [5.41, 5.74) is 8.21. The van der Waals surface area contributed by atoms with E-state index in [-0.39, 0.29) is 0 Å². The molecule has 0 aliphatic carbocycles. The number of hydrogen-bond acceptors (Lipinski definition) is 3. The number of ether oxygens (including phenoxy) is 1. The summed E-state index contributed by atoms with van der Waals surface area (Å²) in [5.74, 6) is 0.867. The van der Waals surface area contributed by atoms with Gasteiger partial charge < -0.3 is 15.5 Å². The summed E-state index contributed by atoms with van der Waals surface area (Å²) < 4.78 is 5.87. The van der Waals surface area contributed by atoms with Crippen LogP contribution < -0.4 is 10.5 Å². The van der Waals surface area contributed by atoms with Crippen LogP contribution >= 0.6 is 0 Å². The Morgan fingerprint density at radius 3 is 2.73 bits per heavy atom. The molecule has 0 spiro atoms. The first-order valence-electron chi connectivity index (χ1n) is 6.82. The average molecular weight is 293 g/mol. The molecule has 0 atom stereocenters. The van der Waals surface area contributed by atoms with Gasteiger partial charge in [0, 0.05) is 17.5 Å². The standard InChI is InChI=1S/C17H15N3O2/c1-11-14(17(18)21)9-15(20-11)13-6-2-3-7-16(13)22-12-5-4-8-19-10-12/h2-10,20H,1H3,(H2,18,21). The number of aryl methyl sites for hydroxylation is 1. The lowest BCUT2D eigenvalue weighted by Crippen LogP contribution is -2.10. The Morgan fingerprint density at radius 2 is 2.05 bits per heavy atom. The number of pyridine rings is 1. The summed E-state index contributed by atoms with van der Waals surface area (Å²) in [4.78, 5) is 18.6. The van der Waals surface area contributed by atoms with E-state index in [9.17, 15) is 4.79 Å². The maximum atomic E-state index is 11.4. The van der Waals surface area contributed by atoms with Crippen molar-refractivity contribution in [3.05, 3.63) is 66.1 Å². The van der Waals surface area contributed by atoms with Gasteiger partial charge in [0.15, 0.2) is 0 Å². The predicted octanol–water partition coefficient (Wildman–Crippen LogP) is 3.28. The van der Waals surface area contributed by atoms with Gasteiger partial charge in [0.1, 0.15) is 11.5 Å². The van der Waals surface area contributed by atoms with Crippen LogP contribution in [0, 0.1) is 6.92 Å². The molecule has 0 saturated carbocycles. The Labute approximate surface area is 127 Å². The molecular formula is C17H15N3O2. The fraction of sp³-hybridized carbons (Fsp3) is 0.0588. The lowest BCUT2D eigenvalue weighted by atomic mass is 10.1. The fourth-order valence-electron chi connectivity index (χ4n) is 2.27. The molecule has 3 N–H and O–H groups in total. The van der Waals surface area contributed by atoms with Crippen molar-refractivity contribution in [1.82, 2.24) is 9.97 Å². The number of H-pyrrole nitrogens is 1. The quantitative estimate of drug-likeness (QED) is 0.774. The van der Waals surface area contributed by atoms with E-state index < -0.39 is 5.91 Å². The van der Waals surface area contributed by atoms with Gasteiger partial charge >= 0.3 is 0 Å². The molecule has 1 aromatic carbocycles. The predicted molar refractivity (Wildman–Crippen MR) is 83.8 cm³/mol. The number of nitrogens with one attached hydrogen (secondary N) is 1. The van der Waals surface area contributed by atoms with E-state index in [1.54, 1.807) is 18.5 Å². The van der Waals surface area contributed by atoms with E-state index in [1.807, 2.05) is 43.3 Å². The largest absolute Gasteiger partial charge is 0.455 e. The first kappa shape index (κ1) is 13.9. The molecule has 0 bridgehead atoms. The van der Waals surface area contributed by atoms with E-state index in [0.717, 1.165) is 17.0 Å². The van der Waals surface area contributed by atoms with Crippen LogP contribution in [-0.2, 0) is 0 Å². The number of nitrogens with zero attached hydrogens (tertiary/aromatic N) is 1. The first-order chi connectivity index (χ1) is 10.6. The lowest BCUT2D eigenvalue weighted by Gasteiger charge is -2.09. The van der Waals surface area contributed by atoms with E-state index in [1.165, 1.54) is 0 Å². The summed E-state index contributed by atoms with van der Waals surface area (Å²) in [6.45, 7) is 1.81. The SMILES string of the molecule is Cc1[nH]c(-c2ccccc2Oc2cccnc2)cc1C(N)=O. The number of carbonyl (C=O) groups excluding carboxylic acids is 1. The minimum atomic E-state index is -0.453. The zero-order valence-electron chi connectivity index (χ0n) is 12.0. The molecule has 0 saturated heterocycles. The van der Waals surface area contributed by atoms with Crippen molar-refractivity contribution in [3.8, 4) is 22.8 Å². The molecular weight excluding hydrogens is 278 g/mol. The van der Waals surface area contributed by atoms with Crippen molar-refractivity contribution in [1.29, 1.82) is 0 Å². The molecule has 0 aliphatic rings. The fourth-order valence-corrected chi connectivity index (χ4v) is 2.27. The number of amides is 1. The molecule has 5 heteroatoms. The molecule has 0 radical (unpaired) electrons. The van der Waals surface area contributed by atoms with Gasteiger partial charge in [-0.2, -0.15) is 0 Å². The van der Waals surface area contributed by atoms with E-state index in [4.69, 9.17) is 10.5 Å². The molecule has 5 nitrogen and oxygen atoms in total. The van der Waals surface area contributed by atoms with Crippen LogP contribution in [0.4, 0.5) is 0 Å². The van der Waals surface area contributed by atoms with Crippen molar-refractivity contribution < 1.29 is 9.53 Å². The van der Waals surface area contributed by atoms with Crippen LogP contribution in [0.5, 0.6) is 11.5 Å². The van der Waals surface area contributed by atoms with Crippen molar-refractivity contribution in [2.24, 2.45) is 5.73 Å². The first-order valence-corrected chi connectivity index (χ1v) is 6.82. The van der Waals surface area contributed by atoms with Gasteiger partial charge in [0.2, 0.25) is 0 Å². The summed E-state index contributed by atoms with van der Waals surface area (Å²) in [6, 6.07) is 13.0. The summed E-state index contributed by atoms with van der Waals surface area (Å²) in [6.07, 6.45) is 3.33. The van der Waals surface area contributed by atoms with Crippen molar-refractivity contribution >= 4 is 5.91 Å². The molecule has 0 fully saturated rings. The van der Waals surface area contributed by atoms with Crippen LogP contribution in [-0.4, -0.2) is 15.9 Å². The Kier molecular flexibility index (Phi) is 3.62. The van der Waals surface area contributed by atoms with Crippen molar-refractivity contribution in [2.45, 2.75) is 6.92 Å². The number of hydrogen-bond donors (Lipinski definition) is 2. The second kappa shape index (κ2) is 5.73. The molecule has 22 heavy (non-hydrogen) atoms. The normalized spacial score (nSPS) is 10.4. The highest BCUT2D eigenvalue weighted by molar-refractivity contribution is 5.95. The van der Waals surface area contributed by atoms with Gasteiger partial charge in [0.25, 0.3) is 5.91 Å². The highest BCUT2D eigenvalue weighted by Gasteiger charge is 2.14. The minimum Gasteiger partial charge on any atom is -0.455 e. The highest BCUT2D eigenvalue weighted by atomic mass is 16.5. The van der Waals surface area contributed by atoms with E-state index in [2.05, 4.69) is 9.97 Å². The number of carbonyl (C=O) groups is 1. The van der Waals surface area contributed by atoms with Crippen LogP contribution in [0.1, 0.15) is 16.1 Å². The smallest absolute Gasteiger partial charge is 0.250 e. The zero-order chi connectivity index (χ0) is 15.5. The number of rotatable bonds is 4. The second-order valence-corrected chi connectivity index (χ2v) is 4.87. The molecule has 3 aromatic rings. The van der Waals surface area contributed by atoms with Gasteiger partial charge in [-0.1, -0.05) is 12.1 Å². The summed E-state index contributed by atoms with van der Waals surface area (Å²) in [7, 11) is 0. The molecule has 2 heterocycles. The summed E-state index contributed by atoms with van der Waals surface area (Å²) >= 11 is 0. The number of aromatic amines is 1. The maximum absolute atomic E-state index is 11.4. The van der Waals surface area contributed by atoms with Crippen LogP contribution in [0.15, 0.2) is 54.9 Å². The molecule has 1 amide bonds. The number of nitrogens with two attached hydrogens (primary N) is 1. The maximum Gasteiger partial charge on any atom is 0.250 e. The third-order valence-electron chi connectivity index (χ3n) is 3.32. The van der Waals surface area contributed by atoms with Gasteiger partial charge in [-0.05, 0) is 37.3 Å². The molecule has 110 valence electrons.